The Hall–Kier alpha value is 0.137. The van der Waals surface area contributed by atoms with E-state index >= 15 is 0 Å². The van der Waals surface area contributed by atoms with Crippen LogP contribution < -0.4 is 0 Å². The minimum Gasteiger partial charge on any atom is -0.411 e. The van der Waals surface area contributed by atoms with Crippen molar-refractivity contribution in [2.75, 3.05) is 0 Å². The number of rotatable bonds is 8. The van der Waals surface area contributed by atoms with Crippen LogP contribution in [0.4, 0.5) is 0 Å². The predicted octanol–water partition coefficient (Wildman–Crippen LogP) is 4.73. The van der Waals surface area contributed by atoms with Crippen molar-refractivity contribution in [2.24, 2.45) is 0 Å². The Balaban J connectivity index is 4.36. The van der Waals surface area contributed by atoms with E-state index in [2.05, 4.69) is 40.8 Å². The Labute approximate surface area is 115 Å². The Morgan fingerprint density at radius 3 is 2.06 bits per heavy atom. The highest BCUT2D eigenvalue weighted by atomic mass is 28.4. The van der Waals surface area contributed by atoms with Gasteiger partial charge in [-0.1, -0.05) is 53.4 Å². The van der Waals surface area contributed by atoms with E-state index in [9.17, 15) is 5.11 Å². The molecule has 2 atom stereocenters. The molecule has 110 valence electrons. The topological polar surface area (TPSA) is 29.5 Å². The second kappa shape index (κ2) is 7.66. The highest BCUT2D eigenvalue weighted by Crippen LogP contribution is 2.38. The maximum atomic E-state index is 9.89. The highest BCUT2D eigenvalue weighted by Gasteiger charge is 2.39. The van der Waals surface area contributed by atoms with Gasteiger partial charge >= 0.3 is 0 Å². The van der Waals surface area contributed by atoms with Gasteiger partial charge in [0.2, 0.25) is 0 Å². The lowest BCUT2D eigenvalue weighted by Gasteiger charge is -2.40. The van der Waals surface area contributed by atoms with Crippen LogP contribution in [0.2, 0.25) is 18.1 Å². The first-order valence-corrected chi connectivity index (χ1v) is 10.4. The van der Waals surface area contributed by atoms with E-state index < -0.39 is 8.32 Å². The first-order valence-electron chi connectivity index (χ1n) is 7.47. The lowest BCUT2D eigenvalue weighted by Crippen LogP contribution is -2.46. The molecule has 0 fully saturated rings. The minimum absolute atomic E-state index is 0.0164. The van der Waals surface area contributed by atoms with Gasteiger partial charge in [0.1, 0.15) is 0 Å². The fraction of sp³-hybridized carbons (Fsp3) is 1.00. The molecule has 0 amide bonds. The number of hydrogen-bond donors (Lipinski definition) is 1. The number of aliphatic hydroxyl groups excluding tert-OH is 1. The van der Waals surface area contributed by atoms with Gasteiger partial charge in [-0.3, -0.25) is 0 Å². The van der Waals surface area contributed by atoms with Crippen LogP contribution in [-0.4, -0.2) is 25.6 Å². The summed E-state index contributed by atoms with van der Waals surface area (Å²) >= 11 is 0. The van der Waals surface area contributed by atoms with Gasteiger partial charge in [0.15, 0.2) is 8.32 Å². The van der Waals surface area contributed by atoms with Crippen molar-refractivity contribution in [3.8, 4) is 0 Å². The van der Waals surface area contributed by atoms with Crippen molar-refractivity contribution in [3.63, 3.8) is 0 Å². The van der Waals surface area contributed by atoms with Crippen LogP contribution in [-0.2, 0) is 4.43 Å². The molecule has 0 aromatic carbocycles. The molecule has 0 saturated carbocycles. The van der Waals surface area contributed by atoms with Crippen molar-refractivity contribution in [2.45, 2.75) is 97.1 Å². The summed E-state index contributed by atoms with van der Waals surface area (Å²) in [6.07, 6.45) is 5.60. The molecule has 0 spiro atoms. The quantitative estimate of drug-likeness (QED) is 0.512. The van der Waals surface area contributed by atoms with Crippen LogP contribution in [0.1, 0.15) is 66.7 Å². The molecular weight excluding hydrogens is 240 g/mol. The Kier molecular flexibility index (Phi) is 7.72. The summed E-state index contributed by atoms with van der Waals surface area (Å²) in [5, 5.41) is 10.1. The monoisotopic (exact) mass is 274 g/mol. The van der Waals surface area contributed by atoms with Crippen LogP contribution in [0, 0.1) is 0 Å². The first-order chi connectivity index (χ1) is 8.12. The van der Waals surface area contributed by atoms with E-state index in [4.69, 9.17) is 4.43 Å². The Morgan fingerprint density at radius 1 is 1.11 bits per heavy atom. The third-order valence-corrected chi connectivity index (χ3v) is 8.64. The molecule has 0 unspecified atom stereocenters. The van der Waals surface area contributed by atoms with Crippen LogP contribution in [0.3, 0.4) is 0 Å². The summed E-state index contributed by atoms with van der Waals surface area (Å²) in [7, 11) is -1.76. The second-order valence-corrected chi connectivity index (χ2v) is 11.8. The van der Waals surface area contributed by atoms with Crippen LogP contribution >= 0.6 is 0 Å². The molecular formula is C15H34O2Si. The van der Waals surface area contributed by atoms with Crippen molar-refractivity contribution in [1.29, 1.82) is 0 Å². The highest BCUT2D eigenvalue weighted by molar-refractivity contribution is 6.74. The zero-order valence-electron chi connectivity index (χ0n) is 13.5. The van der Waals surface area contributed by atoms with Crippen LogP contribution in [0.25, 0.3) is 0 Å². The summed E-state index contributed by atoms with van der Waals surface area (Å²) in [6.45, 7) is 15.3. The zero-order chi connectivity index (χ0) is 14.4. The van der Waals surface area contributed by atoms with E-state index in [1.165, 1.54) is 19.3 Å². The molecule has 0 radical (unpaired) electrons. The molecule has 0 saturated heterocycles. The molecule has 0 aromatic rings. The third kappa shape index (κ3) is 6.35. The molecule has 2 nitrogen and oxygen atoms in total. The summed E-state index contributed by atoms with van der Waals surface area (Å²) in [6, 6.07) is 0. The molecule has 1 N–H and O–H groups in total. The summed E-state index contributed by atoms with van der Waals surface area (Å²) in [5.74, 6) is 0. The Bertz CT molecular complexity index is 219. The average molecular weight is 275 g/mol. The molecule has 18 heavy (non-hydrogen) atoms. The smallest absolute Gasteiger partial charge is 0.192 e. The SMILES string of the molecule is CCCCCC[C@@H](O[Si](C)(C)C(C)(C)C)[C@@H](C)O. The fourth-order valence-corrected chi connectivity index (χ4v) is 3.15. The van der Waals surface area contributed by atoms with Gasteiger partial charge in [-0.15, -0.1) is 0 Å². The average Bonchev–Trinajstić information content (AvgIpc) is 2.20. The van der Waals surface area contributed by atoms with Crippen LogP contribution in [0.5, 0.6) is 0 Å². The molecule has 0 aromatic heterocycles. The number of unbranched alkanes of at least 4 members (excludes halogenated alkanes) is 3. The first kappa shape index (κ1) is 18.1. The van der Waals surface area contributed by atoms with Crippen molar-refractivity contribution < 1.29 is 9.53 Å². The normalized spacial score (nSPS) is 16.7. The van der Waals surface area contributed by atoms with Crippen molar-refractivity contribution in [1.82, 2.24) is 0 Å². The van der Waals surface area contributed by atoms with Gasteiger partial charge in [-0.05, 0) is 31.5 Å². The predicted molar refractivity (Wildman–Crippen MR) is 82.5 cm³/mol. The van der Waals surface area contributed by atoms with Crippen LogP contribution in [0.15, 0.2) is 0 Å². The number of aliphatic hydroxyl groups is 1. The van der Waals surface area contributed by atoms with Crippen molar-refractivity contribution in [3.05, 3.63) is 0 Å². The molecule has 0 rings (SSSR count). The molecule has 0 heterocycles. The molecule has 0 aliphatic rings. The second-order valence-electron chi connectivity index (χ2n) is 7.01. The van der Waals surface area contributed by atoms with Gasteiger partial charge in [0.05, 0.1) is 12.2 Å². The van der Waals surface area contributed by atoms with Gasteiger partial charge < -0.3 is 9.53 Å². The maximum Gasteiger partial charge on any atom is 0.192 e. The molecule has 3 heteroatoms. The summed E-state index contributed by atoms with van der Waals surface area (Å²) < 4.78 is 6.33. The minimum atomic E-state index is -1.76. The fourth-order valence-electron chi connectivity index (χ4n) is 1.73. The molecule has 0 aliphatic heterocycles. The standard InChI is InChI=1S/C15H34O2Si/c1-8-9-10-11-12-14(13(2)16)17-18(6,7)15(3,4)5/h13-14,16H,8-12H2,1-7H3/t13-,14-/m1/s1. The van der Waals surface area contributed by atoms with E-state index in [1.54, 1.807) is 0 Å². The van der Waals surface area contributed by atoms with Crippen molar-refractivity contribution >= 4 is 8.32 Å². The van der Waals surface area contributed by atoms with Gasteiger partial charge in [0.25, 0.3) is 0 Å². The van der Waals surface area contributed by atoms with E-state index in [1.807, 2.05) is 6.92 Å². The lowest BCUT2D eigenvalue weighted by atomic mass is 10.1. The third-order valence-electron chi connectivity index (χ3n) is 4.13. The summed E-state index contributed by atoms with van der Waals surface area (Å²) in [5.41, 5.74) is 0. The number of hydrogen-bond acceptors (Lipinski definition) is 2. The van der Waals surface area contributed by atoms with Gasteiger partial charge in [-0.25, -0.2) is 0 Å². The largest absolute Gasteiger partial charge is 0.411 e. The van der Waals surface area contributed by atoms with E-state index in [-0.39, 0.29) is 17.2 Å². The Morgan fingerprint density at radius 2 is 1.67 bits per heavy atom. The van der Waals surface area contributed by atoms with E-state index in [0.29, 0.717) is 0 Å². The summed E-state index contributed by atoms with van der Waals surface area (Å²) in [4.78, 5) is 0. The van der Waals surface area contributed by atoms with E-state index in [0.717, 1.165) is 12.8 Å². The zero-order valence-corrected chi connectivity index (χ0v) is 14.5. The van der Waals surface area contributed by atoms with Gasteiger partial charge in [0, 0.05) is 0 Å². The van der Waals surface area contributed by atoms with Gasteiger partial charge in [-0.2, -0.15) is 0 Å². The maximum absolute atomic E-state index is 9.89. The molecule has 0 aliphatic carbocycles. The lowest BCUT2D eigenvalue weighted by molar-refractivity contribution is 0.0326. The molecule has 0 bridgehead atoms.